The summed E-state index contributed by atoms with van der Waals surface area (Å²) >= 11 is 0. The smallest absolute Gasteiger partial charge is 0.255 e. The van der Waals surface area contributed by atoms with Crippen LogP contribution in [0.3, 0.4) is 0 Å². The van der Waals surface area contributed by atoms with Gasteiger partial charge in [-0.15, -0.1) is 0 Å². The number of benzene rings is 2. The largest absolute Gasteiger partial charge is 0.493 e. The molecular formula is C20H26N2O6S. The molecule has 9 heteroatoms. The van der Waals surface area contributed by atoms with Crippen LogP contribution in [-0.4, -0.2) is 41.2 Å². The molecule has 1 amide bonds. The molecule has 0 aromatic heterocycles. The first-order valence-electron chi connectivity index (χ1n) is 8.76. The lowest BCUT2D eigenvalue weighted by Gasteiger charge is -2.20. The van der Waals surface area contributed by atoms with E-state index in [4.69, 9.17) is 14.2 Å². The van der Waals surface area contributed by atoms with Crippen molar-refractivity contribution in [2.45, 2.75) is 31.2 Å². The maximum atomic E-state index is 12.6. The fraction of sp³-hybridized carbons (Fsp3) is 0.350. The van der Waals surface area contributed by atoms with Crippen molar-refractivity contribution in [3.05, 3.63) is 42.0 Å². The Morgan fingerprint density at radius 2 is 1.41 bits per heavy atom. The average Bonchev–Trinajstić information content (AvgIpc) is 2.65. The van der Waals surface area contributed by atoms with Gasteiger partial charge in [-0.3, -0.25) is 4.79 Å². The molecule has 0 radical (unpaired) electrons. The molecule has 29 heavy (non-hydrogen) atoms. The molecule has 0 aliphatic carbocycles. The molecule has 0 aliphatic rings. The molecule has 0 spiro atoms. The van der Waals surface area contributed by atoms with E-state index in [9.17, 15) is 13.2 Å². The highest BCUT2D eigenvalue weighted by Crippen LogP contribution is 2.40. The van der Waals surface area contributed by atoms with E-state index in [1.807, 2.05) is 0 Å². The van der Waals surface area contributed by atoms with E-state index in [0.717, 1.165) is 0 Å². The van der Waals surface area contributed by atoms with Crippen molar-refractivity contribution in [2.75, 3.05) is 26.6 Å². The van der Waals surface area contributed by atoms with Gasteiger partial charge in [0.2, 0.25) is 15.8 Å². The van der Waals surface area contributed by atoms with Gasteiger partial charge in [-0.25, -0.2) is 13.1 Å². The number of carbonyl (C=O) groups excluding carboxylic acids is 1. The third-order valence-electron chi connectivity index (χ3n) is 3.79. The summed E-state index contributed by atoms with van der Waals surface area (Å²) in [4.78, 5) is 12.6. The van der Waals surface area contributed by atoms with Crippen LogP contribution in [-0.2, 0) is 10.0 Å². The van der Waals surface area contributed by atoms with Crippen LogP contribution in [0.4, 0.5) is 5.69 Å². The highest BCUT2D eigenvalue weighted by Gasteiger charge is 2.22. The van der Waals surface area contributed by atoms with Crippen LogP contribution in [0.15, 0.2) is 41.3 Å². The lowest BCUT2D eigenvalue weighted by molar-refractivity contribution is 0.102. The number of hydrogen-bond acceptors (Lipinski definition) is 6. The SMILES string of the molecule is COc1cc(NC(=O)c2ccc(S(=O)(=O)NC(C)(C)C)cc2)cc(OC)c1OC. The first kappa shape index (κ1) is 22.5. The van der Waals surface area contributed by atoms with E-state index in [2.05, 4.69) is 10.0 Å². The molecule has 0 saturated carbocycles. The van der Waals surface area contributed by atoms with Crippen molar-refractivity contribution in [1.29, 1.82) is 0 Å². The maximum Gasteiger partial charge on any atom is 0.255 e. The van der Waals surface area contributed by atoms with Gasteiger partial charge in [0.15, 0.2) is 11.5 Å². The quantitative estimate of drug-likeness (QED) is 0.711. The first-order chi connectivity index (χ1) is 13.5. The Labute approximate surface area is 171 Å². The Balaban J connectivity index is 2.24. The van der Waals surface area contributed by atoms with Crippen LogP contribution >= 0.6 is 0 Å². The van der Waals surface area contributed by atoms with Crippen molar-refractivity contribution < 1.29 is 27.4 Å². The molecule has 158 valence electrons. The molecular weight excluding hydrogens is 396 g/mol. The minimum Gasteiger partial charge on any atom is -0.493 e. The van der Waals surface area contributed by atoms with E-state index in [1.54, 1.807) is 32.9 Å². The lowest BCUT2D eigenvalue weighted by atomic mass is 10.1. The second-order valence-corrected chi connectivity index (χ2v) is 8.93. The van der Waals surface area contributed by atoms with Crippen LogP contribution in [0.25, 0.3) is 0 Å². The zero-order valence-electron chi connectivity index (χ0n) is 17.3. The molecule has 2 aromatic rings. The van der Waals surface area contributed by atoms with Crippen LogP contribution in [0.2, 0.25) is 0 Å². The molecule has 2 N–H and O–H groups in total. The number of methoxy groups -OCH3 is 3. The fourth-order valence-electron chi connectivity index (χ4n) is 2.60. The van der Waals surface area contributed by atoms with Gasteiger partial charge in [0.1, 0.15) is 0 Å². The summed E-state index contributed by atoms with van der Waals surface area (Å²) in [6.07, 6.45) is 0. The summed E-state index contributed by atoms with van der Waals surface area (Å²) < 4.78 is 43.1. The molecule has 0 aliphatic heterocycles. The Morgan fingerprint density at radius 1 is 0.897 bits per heavy atom. The molecule has 0 fully saturated rings. The Hall–Kier alpha value is -2.78. The summed E-state index contributed by atoms with van der Waals surface area (Å²) in [5.74, 6) is 0.801. The van der Waals surface area contributed by atoms with Gasteiger partial charge in [-0.1, -0.05) is 0 Å². The van der Waals surface area contributed by atoms with Crippen molar-refractivity contribution in [2.24, 2.45) is 0 Å². The van der Waals surface area contributed by atoms with Crippen molar-refractivity contribution >= 4 is 21.6 Å². The molecule has 2 rings (SSSR count). The zero-order chi connectivity index (χ0) is 21.8. The van der Waals surface area contributed by atoms with Gasteiger partial charge in [0.25, 0.3) is 5.91 Å². The van der Waals surface area contributed by atoms with Crippen molar-refractivity contribution in [1.82, 2.24) is 4.72 Å². The van der Waals surface area contributed by atoms with Gasteiger partial charge >= 0.3 is 0 Å². The van der Waals surface area contributed by atoms with Crippen molar-refractivity contribution in [3.63, 3.8) is 0 Å². The van der Waals surface area contributed by atoms with Crippen LogP contribution in [0, 0.1) is 0 Å². The highest BCUT2D eigenvalue weighted by atomic mass is 32.2. The third-order valence-corrected chi connectivity index (χ3v) is 5.56. The van der Waals surface area contributed by atoms with Gasteiger partial charge < -0.3 is 19.5 Å². The van der Waals surface area contributed by atoms with E-state index in [1.165, 1.54) is 45.6 Å². The van der Waals surface area contributed by atoms with Crippen LogP contribution in [0.5, 0.6) is 17.2 Å². The Bertz CT molecular complexity index is 954. The number of nitrogens with one attached hydrogen (secondary N) is 2. The average molecular weight is 423 g/mol. The normalized spacial score (nSPS) is 11.7. The third kappa shape index (κ3) is 5.61. The topological polar surface area (TPSA) is 103 Å². The minimum absolute atomic E-state index is 0.0803. The maximum absolute atomic E-state index is 12.6. The predicted octanol–water partition coefficient (Wildman–Crippen LogP) is 3.04. The summed E-state index contributed by atoms with van der Waals surface area (Å²) in [5.41, 5.74) is 0.130. The summed E-state index contributed by atoms with van der Waals surface area (Å²) in [6.45, 7) is 5.26. The summed E-state index contributed by atoms with van der Waals surface area (Å²) in [6, 6.07) is 8.88. The van der Waals surface area contributed by atoms with Gasteiger partial charge in [-0.05, 0) is 45.0 Å². The number of sulfonamides is 1. The summed E-state index contributed by atoms with van der Waals surface area (Å²) in [5, 5.41) is 2.74. The molecule has 0 unspecified atom stereocenters. The van der Waals surface area contributed by atoms with E-state index in [0.29, 0.717) is 28.5 Å². The van der Waals surface area contributed by atoms with Crippen molar-refractivity contribution in [3.8, 4) is 17.2 Å². The van der Waals surface area contributed by atoms with E-state index < -0.39 is 21.5 Å². The predicted molar refractivity (Wildman–Crippen MR) is 111 cm³/mol. The second-order valence-electron chi connectivity index (χ2n) is 7.25. The van der Waals surface area contributed by atoms with Gasteiger partial charge in [-0.2, -0.15) is 0 Å². The second kappa shape index (κ2) is 8.71. The number of hydrogen-bond donors (Lipinski definition) is 2. The standard InChI is InChI=1S/C20H26N2O6S/c1-20(2,3)22-29(24,25)15-9-7-13(8-10-15)19(23)21-14-11-16(26-4)18(28-6)17(12-14)27-5/h7-12,22H,1-6H3,(H,21,23). The minimum atomic E-state index is -3.67. The van der Waals surface area contributed by atoms with Crippen LogP contribution < -0.4 is 24.2 Å². The van der Waals surface area contributed by atoms with Gasteiger partial charge in [0.05, 0.1) is 26.2 Å². The number of rotatable bonds is 7. The summed E-state index contributed by atoms with van der Waals surface area (Å²) in [7, 11) is 0.775. The first-order valence-corrected chi connectivity index (χ1v) is 10.2. The zero-order valence-corrected chi connectivity index (χ0v) is 18.1. The van der Waals surface area contributed by atoms with Crippen LogP contribution in [0.1, 0.15) is 31.1 Å². The molecule has 2 aromatic carbocycles. The molecule has 0 atom stereocenters. The van der Waals surface area contributed by atoms with E-state index in [-0.39, 0.29) is 4.90 Å². The van der Waals surface area contributed by atoms with E-state index >= 15 is 0 Å². The highest BCUT2D eigenvalue weighted by molar-refractivity contribution is 7.89. The monoisotopic (exact) mass is 422 g/mol. The molecule has 8 nitrogen and oxygen atoms in total. The Morgan fingerprint density at radius 3 is 1.83 bits per heavy atom. The Kier molecular flexibility index (Phi) is 6.76. The molecule has 0 saturated heterocycles. The fourth-order valence-corrected chi connectivity index (χ4v) is 4.02. The number of amides is 1. The number of anilines is 1. The number of carbonyl (C=O) groups is 1. The molecule has 0 heterocycles. The lowest BCUT2D eigenvalue weighted by Crippen LogP contribution is -2.40. The number of ether oxygens (including phenoxy) is 3. The molecule has 0 bridgehead atoms. The van der Waals surface area contributed by atoms with Gasteiger partial charge in [0, 0.05) is 28.9 Å².